The zero-order valence-electron chi connectivity index (χ0n) is 14.6. The molecule has 0 unspecified atom stereocenters. The highest BCUT2D eigenvalue weighted by molar-refractivity contribution is 5.92. The van der Waals surface area contributed by atoms with Crippen LogP contribution in [0.2, 0.25) is 0 Å². The first-order valence-corrected chi connectivity index (χ1v) is 8.85. The Labute approximate surface area is 159 Å². The molecule has 7 heteroatoms. The fourth-order valence-corrected chi connectivity index (χ4v) is 3.46. The molecule has 0 radical (unpaired) electrons. The van der Waals surface area contributed by atoms with Crippen LogP contribution in [0.5, 0.6) is 11.5 Å². The second-order valence-corrected chi connectivity index (χ2v) is 6.44. The van der Waals surface area contributed by atoms with Crippen molar-refractivity contribution in [3.8, 4) is 11.5 Å². The molecule has 2 aromatic rings. The average molecular weight is 378 g/mol. The van der Waals surface area contributed by atoms with E-state index in [1.807, 2.05) is 36.5 Å². The summed E-state index contributed by atoms with van der Waals surface area (Å²) in [5.41, 5.74) is 1.72. The second-order valence-electron chi connectivity index (χ2n) is 6.44. The molecule has 1 aromatic carbocycles. The van der Waals surface area contributed by atoms with E-state index in [9.17, 15) is 4.79 Å². The van der Waals surface area contributed by atoms with Gasteiger partial charge in [0.05, 0.1) is 0 Å². The first-order valence-electron chi connectivity index (χ1n) is 8.85. The van der Waals surface area contributed by atoms with Gasteiger partial charge in [0.15, 0.2) is 11.5 Å². The fourth-order valence-electron chi connectivity index (χ4n) is 3.46. The largest absolute Gasteiger partial charge is 0.486 e. The number of fused-ring (bicyclic) bond motifs is 1. The van der Waals surface area contributed by atoms with Crippen molar-refractivity contribution in [1.82, 2.24) is 15.2 Å². The van der Waals surface area contributed by atoms with Gasteiger partial charge in [0.2, 0.25) is 0 Å². The number of aromatic nitrogens is 1. The van der Waals surface area contributed by atoms with Gasteiger partial charge < -0.3 is 24.7 Å². The van der Waals surface area contributed by atoms with Gasteiger partial charge in [0.25, 0.3) is 5.91 Å². The lowest BCUT2D eigenvalue weighted by atomic mass is 10.1. The van der Waals surface area contributed by atoms with E-state index in [1.54, 1.807) is 0 Å². The van der Waals surface area contributed by atoms with E-state index in [0.717, 1.165) is 48.7 Å². The molecule has 1 fully saturated rings. The van der Waals surface area contributed by atoms with Crippen molar-refractivity contribution < 1.29 is 14.3 Å². The fraction of sp³-hybridized carbons (Fsp3) is 0.421. The monoisotopic (exact) mass is 377 g/mol. The minimum absolute atomic E-state index is 0. The summed E-state index contributed by atoms with van der Waals surface area (Å²) >= 11 is 0. The predicted molar refractivity (Wildman–Crippen MR) is 101 cm³/mol. The molecule has 2 N–H and O–H groups in total. The molecule has 0 bridgehead atoms. The van der Waals surface area contributed by atoms with Crippen molar-refractivity contribution in [2.75, 3.05) is 26.3 Å². The Morgan fingerprint density at radius 1 is 1.15 bits per heavy atom. The predicted octanol–water partition coefficient (Wildman–Crippen LogP) is 2.54. The molecule has 2 aliphatic heterocycles. The highest BCUT2D eigenvalue weighted by Crippen LogP contribution is 2.30. The van der Waals surface area contributed by atoms with Gasteiger partial charge in [0.1, 0.15) is 18.9 Å². The molecule has 4 rings (SSSR count). The summed E-state index contributed by atoms with van der Waals surface area (Å²) in [5, 5.41) is 6.38. The molecule has 2 aliphatic rings. The van der Waals surface area contributed by atoms with E-state index in [4.69, 9.17) is 9.47 Å². The molecule has 0 spiro atoms. The lowest BCUT2D eigenvalue weighted by molar-refractivity contribution is 0.0938. The molecule has 26 heavy (non-hydrogen) atoms. The van der Waals surface area contributed by atoms with Crippen molar-refractivity contribution >= 4 is 18.3 Å². The van der Waals surface area contributed by atoms with Crippen molar-refractivity contribution in [3.05, 3.63) is 47.8 Å². The molecule has 3 heterocycles. The highest BCUT2D eigenvalue weighted by atomic mass is 35.5. The van der Waals surface area contributed by atoms with E-state index in [1.165, 1.54) is 0 Å². The van der Waals surface area contributed by atoms with E-state index >= 15 is 0 Å². The van der Waals surface area contributed by atoms with Crippen molar-refractivity contribution in [3.63, 3.8) is 0 Å². The Bertz CT molecular complexity index is 756. The van der Waals surface area contributed by atoms with E-state index in [2.05, 4.69) is 15.2 Å². The van der Waals surface area contributed by atoms with Crippen molar-refractivity contribution in [2.24, 2.45) is 0 Å². The van der Waals surface area contributed by atoms with Gasteiger partial charge in [0, 0.05) is 18.8 Å². The average Bonchev–Trinajstić information content (AvgIpc) is 3.16. The lowest BCUT2D eigenvalue weighted by Gasteiger charge is -2.26. The summed E-state index contributed by atoms with van der Waals surface area (Å²) in [4.78, 5) is 12.6. The molecule has 140 valence electrons. The molecular formula is C19H24ClN3O3. The molecule has 1 aromatic heterocycles. The zero-order valence-corrected chi connectivity index (χ0v) is 15.4. The quantitative estimate of drug-likeness (QED) is 0.859. The number of rotatable bonds is 4. The Balaban J connectivity index is 0.00000196. The van der Waals surface area contributed by atoms with E-state index < -0.39 is 0 Å². The number of hydrogen-bond acceptors (Lipinski definition) is 4. The van der Waals surface area contributed by atoms with Crippen LogP contribution in [0.15, 0.2) is 36.5 Å². The summed E-state index contributed by atoms with van der Waals surface area (Å²) in [6.45, 7) is 3.61. The van der Waals surface area contributed by atoms with Crippen molar-refractivity contribution in [2.45, 2.75) is 25.4 Å². The number of halogens is 1. The third kappa shape index (κ3) is 3.97. The van der Waals surface area contributed by atoms with Crippen LogP contribution >= 0.6 is 12.4 Å². The molecule has 0 aliphatic carbocycles. The van der Waals surface area contributed by atoms with E-state index in [0.29, 0.717) is 25.8 Å². The third-order valence-electron chi connectivity index (χ3n) is 4.77. The second kappa shape index (κ2) is 8.47. The van der Waals surface area contributed by atoms with Crippen LogP contribution in [-0.2, 0) is 6.54 Å². The maximum Gasteiger partial charge on any atom is 0.268 e. The van der Waals surface area contributed by atoms with Gasteiger partial charge in [-0.25, -0.2) is 0 Å². The SMILES string of the molecule is Cl.O=C(NCc1ccc2c(c1)OCCO2)c1cccn1C1CCNCC1. The van der Waals surface area contributed by atoms with E-state index in [-0.39, 0.29) is 18.3 Å². The van der Waals surface area contributed by atoms with Crippen LogP contribution in [-0.4, -0.2) is 36.8 Å². The molecule has 6 nitrogen and oxygen atoms in total. The number of amides is 1. The first kappa shape index (κ1) is 18.6. The third-order valence-corrected chi connectivity index (χ3v) is 4.77. The number of ether oxygens (including phenoxy) is 2. The summed E-state index contributed by atoms with van der Waals surface area (Å²) < 4.78 is 13.2. The zero-order chi connectivity index (χ0) is 17.1. The number of carbonyl (C=O) groups is 1. The summed E-state index contributed by atoms with van der Waals surface area (Å²) in [6.07, 6.45) is 4.11. The Hall–Kier alpha value is -2.18. The number of carbonyl (C=O) groups excluding carboxylic acids is 1. The van der Waals surface area contributed by atoms with Crippen LogP contribution in [0.1, 0.15) is 34.9 Å². The van der Waals surface area contributed by atoms with Gasteiger partial charge in [-0.2, -0.15) is 0 Å². The Kier molecular flexibility index (Phi) is 6.06. The van der Waals surface area contributed by atoms with Crippen LogP contribution < -0.4 is 20.1 Å². The van der Waals surface area contributed by atoms with Gasteiger partial charge in [-0.15, -0.1) is 12.4 Å². The van der Waals surface area contributed by atoms with Crippen LogP contribution in [0.4, 0.5) is 0 Å². The van der Waals surface area contributed by atoms with Gasteiger partial charge >= 0.3 is 0 Å². The summed E-state index contributed by atoms with van der Waals surface area (Å²) in [7, 11) is 0. The normalized spacial score (nSPS) is 16.6. The summed E-state index contributed by atoms with van der Waals surface area (Å²) in [6, 6.07) is 10.0. The van der Waals surface area contributed by atoms with Crippen LogP contribution in [0.3, 0.4) is 0 Å². The van der Waals surface area contributed by atoms with Crippen LogP contribution in [0, 0.1) is 0 Å². The Morgan fingerprint density at radius 3 is 2.73 bits per heavy atom. The maximum absolute atomic E-state index is 12.6. The molecule has 1 amide bonds. The lowest BCUT2D eigenvalue weighted by Crippen LogP contribution is -2.32. The maximum atomic E-state index is 12.6. The number of piperidine rings is 1. The van der Waals surface area contributed by atoms with Gasteiger partial charge in [-0.3, -0.25) is 4.79 Å². The molecular weight excluding hydrogens is 354 g/mol. The highest BCUT2D eigenvalue weighted by Gasteiger charge is 2.20. The minimum Gasteiger partial charge on any atom is -0.486 e. The number of nitrogens with zero attached hydrogens (tertiary/aromatic N) is 1. The number of hydrogen-bond donors (Lipinski definition) is 2. The number of benzene rings is 1. The standard InChI is InChI=1S/C19H23N3O3.ClH/c23-19(16-2-1-9-22(16)15-5-7-20-8-6-15)21-13-14-3-4-17-18(12-14)25-11-10-24-17;/h1-4,9,12,15,20H,5-8,10-11,13H2,(H,21,23);1H. The number of nitrogens with one attached hydrogen (secondary N) is 2. The van der Waals surface area contributed by atoms with Gasteiger partial charge in [-0.1, -0.05) is 6.07 Å². The molecule has 1 saturated heterocycles. The molecule has 0 atom stereocenters. The summed E-state index contributed by atoms with van der Waals surface area (Å²) in [5.74, 6) is 1.47. The molecule has 0 saturated carbocycles. The topological polar surface area (TPSA) is 64.5 Å². The first-order chi connectivity index (χ1) is 12.3. The minimum atomic E-state index is -0.0431. The van der Waals surface area contributed by atoms with Crippen molar-refractivity contribution in [1.29, 1.82) is 0 Å². The van der Waals surface area contributed by atoms with Gasteiger partial charge in [-0.05, 0) is 55.8 Å². The smallest absolute Gasteiger partial charge is 0.268 e. The Morgan fingerprint density at radius 2 is 1.92 bits per heavy atom. The van der Waals surface area contributed by atoms with Crippen LogP contribution in [0.25, 0.3) is 0 Å².